The molecule has 0 bridgehead atoms. The van der Waals surface area contributed by atoms with Gasteiger partial charge in [0.15, 0.2) is 0 Å². The van der Waals surface area contributed by atoms with Gasteiger partial charge in [-0.25, -0.2) is 10.0 Å². The minimum absolute atomic E-state index is 0.715. The maximum atomic E-state index is 2.66. The van der Waals surface area contributed by atoms with Crippen LogP contribution in [0.4, 0.5) is 0 Å². The van der Waals surface area contributed by atoms with Gasteiger partial charge in [0, 0.05) is 5.25 Å². The second kappa shape index (κ2) is 6.99. The molecule has 0 amide bonds. The summed E-state index contributed by atoms with van der Waals surface area (Å²) in [7, 11) is -0.715. The third-order valence-electron chi connectivity index (χ3n) is 8.26. The van der Waals surface area contributed by atoms with Crippen LogP contribution >= 0.6 is 10.0 Å². The van der Waals surface area contributed by atoms with Crippen LogP contribution in [0.2, 0.25) is 0 Å². The molecule has 146 valence electrons. The molecule has 0 spiro atoms. The van der Waals surface area contributed by atoms with Gasteiger partial charge in [-0.05, 0) is 76.5 Å². The number of benzene rings is 2. The van der Waals surface area contributed by atoms with Crippen LogP contribution in [0.15, 0.2) is 48.5 Å². The van der Waals surface area contributed by atoms with Crippen LogP contribution < -0.4 is 0 Å². The zero-order valence-electron chi connectivity index (χ0n) is 17.9. The van der Waals surface area contributed by atoms with Crippen LogP contribution in [0, 0.1) is 23.7 Å². The molecular formula is C26H36S. The smallest absolute Gasteiger partial charge is 0.0144 e. The molecule has 4 rings (SSSR count). The van der Waals surface area contributed by atoms with Crippen molar-refractivity contribution in [2.45, 2.75) is 51.0 Å². The van der Waals surface area contributed by atoms with Gasteiger partial charge in [0.1, 0.15) is 0 Å². The van der Waals surface area contributed by atoms with E-state index in [4.69, 9.17) is 0 Å². The standard InChI is InChI=1S/C26H36S/c1-17-18(2)20(4)26(19(17)3)27(5,6)25-16-15-23-22(13-10-14-24(23)25)21-11-8-7-9-12-21/h7-14,17-20,25-26H,15-16H2,1-6H3. The molecule has 0 N–H and O–H groups in total. The Morgan fingerprint density at radius 2 is 1.37 bits per heavy atom. The molecule has 1 saturated carbocycles. The number of hydrogen-bond donors (Lipinski definition) is 0. The molecule has 5 atom stereocenters. The van der Waals surface area contributed by atoms with Gasteiger partial charge in [-0.3, -0.25) is 0 Å². The Kier molecular flexibility index (Phi) is 4.95. The summed E-state index contributed by atoms with van der Waals surface area (Å²) in [5.41, 5.74) is 6.16. The maximum Gasteiger partial charge on any atom is 0.0144 e. The van der Waals surface area contributed by atoms with E-state index in [1.165, 1.54) is 24.0 Å². The first kappa shape index (κ1) is 19.1. The molecule has 2 aliphatic carbocycles. The lowest BCUT2D eigenvalue weighted by molar-refractivity contribution is 0.352. The average Bonchev–Trinajstić information content (AvgIpc) is 3.19. The van der Waals surface area contributed by atoms with Gasteiger partial charge in [-0.15, -0.1) is 0 Å². The minimum atomic E-state index is -0.715. The van der Waals surface area contributed by atoms with Gasteiger partial charge in [0.25, 0.3) is 0 Å². The van der Waals surface area contributed by atoms with E-state index in [1.807, 2.05) is 0 Å². The van der Waals surface area contributed by atoms with Gasteiger partial charge >= 0.3 is 0 Å². The normalized spacial score (nSPS) is 33.9. The molecule has 5 unspecified atom stereocenters. The van der Waals surface area contributed by atoms with Crippen molar-refractivity contribution in [1.82, 2.24) is 0 Å². The largest absolute Gasteiger partial charge is 0.237 e. The van der Waals surface area contributed by atoms with Crippen molar-refractivity contribution in [3.05, 3.63) is 59.7 Å². The molecule has 27 heavy (non-hydrogen) atoms. The Bertz CT molecular complexity index is 792. The van der Waals surface area contributed by atoms with E-state index in [-0.39, 0.29) is 0 Å². The Morgan fingerprint density at radius 1 is 0.741 bits per heavy atom. The van der Waals surface area contributed by atoms with Crippen LogP contribution in [0.1, 0.15) is 50.5 Å². The van der Waals surface area contributed by atoms with Gasteiger partial charge in [0.05, 0.1) is 0 Å². The Balaban J connectivity index is 1.73. The molecule has 2 aliphatic rings. The number of rotatable bonds is 3. The Hall–Kier alpha value is -1.21. The molecule has 1 fully saturated rings. The fourth-order valence-electron chi connectivity index (χ4n) is 6.47. The first-order chi connectivity index (χ1) is 12.8. The fraction of sp³-hybridized carbons (Fsp3) is 0.538. The van der Waals surface area contributed by atoms with Crippen LogP contribution in [-0.2, 0) is 6.42 Å². The fourth-order valence-corrected chi connectivity index (χ4v) is 11.2. The molecule has 2 aromatic carbocycles. The second-order valence-electron chi connectivity index (χ2n) is 9.65. The van der Waals surface area contributed by atoms with Gasteiger partial charge < -0.3 is 0 Å². The molecule has 1 heteroatoms. The SMILES string of the molecule is CC1C(C)C(C)C(S(C)(C)C2CCc3c(-c4ccccc4)cccc32)C1C. The zero-order valence-corrected chi connectivity index (χ0v) is 18.7. The Labute approximate surface area is 168 Å². The maximum absolute atomic E-state index is 2.66. The van der Waals surface area contributed by atoms with E-state index in [1.54, 1.807) is 11.1 Å². The monoisotopic (exact) mass is 380 g/mol. The van der Waals surface area contributed by atoms with Crippen LogP contribution in [0.3, 0.4) is 0 Å². The summed E-state index contributed by atoms with van der Waals surface area (Å²) in [6, 6.07) is 18.1. The van der Waals surface area contributed by atoms with E-state index >= 15 is 0 Å². The zero-order chi connectivity index (χ0) is 19.3. The molecule has 0 aromatic heterocycles. The number of fused-ring (bicyclic) bond motifs is 1. The van der Waals surface area contributed by atoms with Gasteiger partial charge in [0.2, 0.25) is 0 Å². The molecule has 0 saturated heterocycles. The molecule has 0 aliphatic heterocycles. The summed E-state index contributed by atoms with van der Waals surface area (Å²) in [6.45, 7) is 10.1. The molecule has 0 heterocycles. The summed E-state index contributed by atoms with van der Waals surface area (Å²) < 4.78 is 0. The summed E-state index contributed by atoms with van der Waals surface area (Å²) in [5.74, 6) is 3.41. The van der Waals surface area contributed by atoms with Crippen LogP contribution in [0.25, 0.3) is 11.1 Å². The quantitative estimate of drug-likeness (QED) is 0.523. The second-order valence-corrected chi connectivity index (χ2v) is 13.7. The third kappa shape index (κ3) is 2.97. The first-order valence-electron chi connectivity index (χ1n) is 10.7. The minimum Gasteiger partial charge on any atom is -0.237 e. The van der Waals surface area contributed by atoms with Gasteiger partial charge in [-0.2, -0.15) is 0 Å². The summed E-state index contributed by atoms with van der Waals surface area (Å²) in [4.78, 5) is 0. The van der Waals surface area contributed by atoms with Crippen molar-refractivity contribution in [3.8, 4) is 11.1 Å². The van der Waals surface area contributed by atoms with Crippen molar-refractivity contribution in [2.75, 3.05) is 12.5 Å². The topological polar surface area (TPSA) is 0 Å². The average molecular weight is 381 g/mol. The third-order valence-corrected chi connectivity index (χ3v) is 12.5. The lowest BCUT2D eigenvalue weighted by Gasteiger charge is -2.48. The molecular weight excluding hydrogens is 344 g/mol. The van der Waals surface area contributed by atoms with E-state index in [2.05, 4.69) is 88.7 Å². The highest BCUT2D eigenvalue weighted by atomic mass is 32.3. The molecule has 2 aromatic rings. The van der Waals surface area contributed by atoms with E-state index in [0.717, 1.165) is 34.2 Å². The summed E-state index contributed by atoms with van der Waals surface area (Å²) in [6.07, 6.45) is 7.91. The van der Waals surface area contributed by atoms with Crippen molar-refractivity contribution in [3.63, 3.8) is 0 Å². The predicted octanol–water partition coefficient (Wildman–Crippen LogP) is 7.33. The summed E-state index contributed by atoms with van der Waals surface area (Å²) in [5, 5.41) is 1.65. The highest BCUT2D eigenvalue weighted by Crippen LogP contribution is 2.69. The van der Waals surface area contributed by atoms with Gasteiger partial charge in [-0.1, -0.05) is 76.2 Å². The lowest BCUT2D eigenvalue weighted by atomic mass is 9.92. The highest BCUT2D eigenvalue weighted by Gasteiger charge is 2.49. The van der Waals surface area contributed by atoms with Crippen LogP contribution in [0.5, 0.6) is 0 Å². The molecule has 0 radical (unpaired) electrons. The van der Waals surface area contributed by atoms with E-state index < -0.39 is 10.0 Å². The van der Waals surface area contributed by atoms with Crippen LogP contribution in [-0.4, -0.2) is 17.8 Å². The predicted molar refractivity (Wildman–Crippen MR) is 123 cm³/mol. The van der Waals surface area contributed by atoms with Crippen molar-refractivity contribution in [1.29, 1.82) is 0 Å². The van der Waals surface area contributed by atoms with Crippen molar-refractivity contribution >= 4 is 10.0 Å². The Morgan fingerprint density at radius 3 is 2.00 bits per heavy atom. The highest BCUT2D eigenvalue weighted by molar-refractivity contribution is 8.33. The van der Waals surface area contributed by atoms with E-state index in [9.17, 15) is 0 Å². The number of hydrogen-bond acceptors (Lipinski definition) is 0. The first-order valence-corrected chi connectivity index (χ1v) is 13.3. The van der Waals surface area contributed by atoms with Crippen molar-refractivity contribution < 1.29 is 0 Å². The summed E-state index contributed by atoms with van der Waals surface area (Å²) >= 11 is 0. The van der Waals surface area contributed by atoms with E-state index in [0.29, 0.717) is 0 Å². The molecule has 0 nitrogen and oxygen atoms in total. The lowest BCUT2D eigenvalue weighted by Crippen LogP contribution is -2.29. The van der Waals surface area contributed by atoms with Crippen molar-refractivity contribution in [2.24, 2.45) is 23.7 Å².